The molecule has 1 aromatic rings. The second-order valence-corrected chi connectivity index (χ2v) is 5.23. The fraction of sp³-hybridized carbons (Fsp3) is 0.364. The maximum Gasteiger partial charge on any atom is 0.304 e. The summed E-state index contributed by atoms with van der Waals surface area (Å²) in [5.74, 6) is -3.53. The molecule has 0 saturated carbocycles. The molecule has 1 rings (SSSR count). The molecule has 17 heavy (non-hydrogen) atoms. The van der Waals surface area contributed by atoms with Gasteiger partial charge in [-0.25, -0.2) is 4.39 Å². The van der Waals surface area contributed by atoms with Crippen molar-refractivity contribution in [3.63, 3.8) is 0 Å². The number of phenols is 2. The maximum absolute atomic E-state index is 13.2. The Bertz CT molecular complexity index is 471. The summed E-state index contributed by atoms with van der Waals surface area (Å²) in [4.78, 5) is 10.7. The van der Waals surface area contributed by atoms with Gasteiger partial charge in [0, 0.05) is 11.0 Å². The quantitative estimate of drug-likeness (QED) is 0.750. The van der Waals surface area contributed by atoms with Crippen molar-refractivity contribution in [3.8, 4) is 11.5 Å². The van der Waals surface area contributed by atoms with Crippen LogP contribution in [0.4, 0.5) is 4.39 Å². The van der Waals surface area contributed by atoms with Crippen molar-refractivity contribution < 1.29 is 24.5 Å². The molecule has 0 saturated heterocycles. The van der Waals surface area contributed by atoms with E-state index in [1.54, 1.807) is 13.8 Å². The Balaban J connectivity index is 3.37. The number of carboxylic acid groups (broad SMARTS) is 1. The Hall–Kier alpha value is -1.30. The molecule has 0 spiro atoms. The lowest BCUT2D eigenvalue weighted by molar-refractivity contribution is -0.138. The van der Waals surface area contributed by atoms with Crippen molar-refractivity contribution in [3.05, 3.63) is 21.9 Å². The summed E-state index contributed by atoms with van der Waals surface area (Å²) >= 11 is 2.90. The minimum Gasteiger partial charge on any atom is -0.504 e. The van der Waals surface area contributed by atoms with E-state index < -0.39 is 28.7 Å². The molecule has 0 amide bonds. The molecule has 0 radical (unpaired) electrons. The lowest BCUT2D eigenvalue weighted by atomic mass is 9.81. The van der Waals surface area contributed by atoms with Gasteiger partial charge in [-0.2, -0.15) is 0 Å². The summed E-state index contributed by atoms with van der Waals surface area (Å²) in [5, 5.41) is 27.8. The number of hydrogen-bond donors (Lipinski definition) is 3. The molecule has 6 heteroatoms. The third kappa shape index (κ3) is 2.69. The molecule has 0 aromatic heterocycles. The molecule has 0 bridgehead atoms. The fourth-order valence-corrected chi connectivity index (χ4v) is 2.01. The highest BCUT2D eigenvalue weighted by atomic mass is 79.9. The van der Waals surface area contributed by atoms with Crippen LogP contribution in [0.25, 0.3) is 0 Å². The number of carboxylic acids is 1. The number of aromatic hydroxyl groups is 2. The average Bonchev–Trinajstić information content (AvgIpc) is 2.18. The number of benzene rings is 1. The monoisotopic (exact) mass is 306 g/mol. The van der Waals surface area contributed by atoms with Crippen LogP contribution in [0.1, 0.15) is 25.8 Å². The first-order chi connectivity index (χ1) is 7.66. The lowest BCUT2D eigenvalue weighted by Crippen LogP contribution is -2.22. The second kappa shape index (κ2) is 4.52. The van der Waals surface area contributed by atoms with E-state index in [4.69, 9.17) is 5.11 Å². The van der Waals surface area contributed by atoms with E-state index in [2.05, 4.69) is 15.9 Å². The molecule has 0 aliphatic heterocycles. The number of carbonyl (C=O) groups is 1. The first-order valence-electron chi connectivity index (χ1n) is 4.79. The number of halogens is 2. The molecule has 0 fully saturated rings. The summed E-state index contributed by atoms with van der Waals surface area (Å²) in [7, 11) is 0. The zero-order valence-electron chi connectivity index (χ0n) is 9.29. The Morgan fingerprint density at radius 3 is 2.41 bits per heavy atom. The molecule has 3 N–H and O–H groups in total. The molecule has 1 aromatic carbocycles. The van der Waals surface area contributed by atoms with Gasteiger partial charge in [-0.1, -0.05) is 13.8 Å². The molecule has 0 heterocycles. The van der Waals surface area contributed by atoms with Crippen molar-refractivity contribution in [2.24, 2.45) is 0 Å². The first kappa shape index (κ1) is 13.8. The third-order valence-corrected chi connectivity index (χ3v) is 3.07. The standard InChI is InChI=1S/C11H12BrFO4/c1-11(2,4-7(14)15)5-3-6(12)8(13)10(17)9(5)16/h3,16-17H,4H2,1-2H3,(H,14,15). The number of hydrogen-bond acceptors (Lipinski definition) is 3. The number of rotatable bonds is 3. The van der Waals surface area contributed by atoms with Crippen LogP contribution in [0.3, 0.4) is 0 Å². The third-order valence-electron chi connectivity index (χ3n) is 2.49. The highest BCUT2D eigenvalue weighted by Crippen LogP contribution is 2.43. The van der Waals surface area contributed by atoms with Crippen molar-refractivity contribution in [2.45, 2.75) is 25.7 Å². The van der Waals surface area contributed by atoms with Crippen molar-refractivity contribution in [2.75, 3.05) is 0 Å². The molecule has 0 aliphatic carbocycles. The maximum atomic E-state index is 13.2. The van der Waals surface area contributed by atoms with E-state index in [-0.39, 0.29) is 16.5 Å². The van der Waals surface area contributed by atoms with E-state index in [1.807, 2.05) is 0 Å². The van der Waals surface area contributed by atoms with Gasteiger partial charge in [-0.15, -0.1) is 0 Å². The van der Waals surface area contributed by atoms with Gasteiger partial charge in [0.2, 0.25) is 0 Å². The van der Waals surface area contributed by atoms with E-state index in [0.29, 0.717) is 0 Å². The van der Waals surface area contributed by atoms with E-state index >= 15 is 0 Å². The zero-order chi connectivity index (χ0) is 13.4. The normalized spacial score (nSPS) is 11.5. The van der Waals surface area contributed by atoms with E-state index in [0.717, 1.165) is 0 Å². The molecule has 0 atom stereocenters. The summed E-state index contributed by atoms with van der Waals surface area (Å²) < 4.78 is 13.2. The van der Waals surface area contributed by atoms with Gasteiger partial charge in [0.1, 0.15) is 0 Å². The van der Waals surface area contributed by atoms with Crippen LogP contribution < -0.4 is 0 Å². The van der Waals surface area contributed by atoms with Crippen LogP contribution in [0, 0.1) is 5.82 Å². The van der Waals surface area contributed by atoms with Gasteiger partial charge in [-0.3, -0.25) is 4.79 Å². The van der Waals surface area contributed by atoms with Crippen molar-refractivity contribution in [1.82, 2.24) is 0 Å². The van der Waals surface area contributed by atoms with Gasteiger partial charge in [0.15, 0.2) is 17.3 Å². The number of phenolic OH excluding ortho intramolecular Hbond substituents is 2. The smallest absolute Gasteiger partial charge is 0.304 e. The van der Waals surface area contributed by atoms with Crippen molar-refractivity contribution in [1.29, 1.82) is 0 Å². The SMILES string of the molecule is CC(C)(CC(=O)O)c1cc(Br)c(F)c(O)c1O. The van der Waals surface area contributed by atoms with Crippen LogP contribution in [-0.2, 0) is 10.2 Å². The van der Waals surface area contributed by atoms with Crippen molar-refractivity contribution >= 4 is 21.9 Å². The largest absolute Gasteiger partial charge is 0.504 e. The van der Waals surface area contributed by atoms with Crippen LogP contribution in [0.5, 0.6) is 11.5 Å². The first-order valence-corrected chi connectivity index (χ1v) is 5.58. The van der Waals surface area contributed by atoms with Crippen LogP contribution >= 0.6 is 15.9 Å². The van der Waals surface area contributed by atoms with E-state index in [1.165, 1.54) is 6.07 Å². The molecule has 0 aliphatic rings. The van der Waals surface area contributed by atoms with Crippen LogP contribution in [0.15, 0.2) is 10.5 Å². The topological polar surface area (TPSA) is 77.8 Å². The molecular formula is C11H12BrFO4. The summed E-state index contributed by atoms with van der Waals surface area (Å²) in [6, 6.07) is 1.27. The Morgan fingerprint density at radius 2 is 1.94 bits per heavy atom. The average molecular weight is 307 g/mol. The van der Waals surface area contributed by atoms with E-state index in [9.17, 15) is 19.4 Å². The second-order valence-electron chi connectivity index (χ2n) is 4.37. The Kier molecular flexibility index (Phi) is 3.66. The fourth-order valence-electron chi connectivity index (χ4n) is 1.59. The van der Waals surface area contributed by atoms with Crippen LogP contribution in [-0.4, -0.2) is 21.3 Å². The lowest BCUT2D eigenvalue weighted by Gasteiger charge is -2.24. The Labute approximate surface area is 106 Å². The zero-order valence-corrected chi connectivity index (χ0v) is 10.9. The summed E-state index contributed by atoms with van der Waals surface area (Å²) in [6.45, 7) is 3.17. The minimum absolute atomic E-state index is 0.0266. The summed E-state index contributed by atoms with van der Waals surface area (Å²) in [6.07, 6.45) is -0.252. The van der Waals surface area contributed by atoms with Gasteiger partial charge in [0.25, 0.3) is 0 Å². The van der Waals surface area contributed by atoms with Gasteiger partial charge in [0.05, 0.1) is 10.9 Å². The highest BCUT2D eigenvalue weighted by molar-refractivity contribution is 9.10. The number of aliphatic carboxylic acids is 1. The van der Waals surface area contributed by atoms with Gasteiger partial charge < -0.3 is 15.3 Å². The van der Waals surface area contributed by atoms with Crippen LogP contribution in [0.2, 0.25) is 0 Å². The predicted octanol–water partition coefficient (Wildman–Crippen LogP) is 2.75. The summed E-state index contributed by atoms with van der Waals surface area (Å²) in [5.41, 5.74) is -0.755. The Morgan fingerprint density at radius 1 is 1.41 bits per heavy atom. The predicted molar refractivity (Wildman–Crippen MR) is 62.7 cm³/mol. The van der Waals surface area contributed by atoms with Gasteiger partial charge in [-0.05, 0) is 22.0 Å². The van der Waals surface area contributed by atoms with Gasteiger partial charge >= 0.3 is 5.97 Å². The molecule has 94 valence electrons. The molecular weight excluding hydrogens is 295 g/mol. The minimum atomic E-state index is -1.05. The molecule has 0 unspecified atom stereocenters. The molecule has 4 nitrogen and oxygen atoms in total. The highest BCUT2D eigenvalue weighted by Gasteiger charge is 2.30.